The van der Waals surface area contributed by atoms with Gasteiger partial charge in [-0.2, -0.15) is 0 Å². The molecule has 0 fully saturated rings. The van der Waals surface area contributed by atoms with Crippen molar-refractivity contribution in [3.63, 3.8) is 0 Å². The van der Waals surface area contributed by atoms with Crippen LogP contribution < -0.4 is 25.0 Å². The van der Waals surface area contributed by atoms with Crippen LogP contribution in [0, 0.1) is 0 Å². The molecule has 6 heteroatoms. The number of hydrogen-bond donors (Lipinski definition) is 2. The summed E-state index contributed by atoms with van der Waals surface area (Å²) in [6, 6.07) is 14.0. The maximum Gasteiger partial charge on any atom is 0.231 e. The van der Waals surface area contributed by atoms with Crippen LogP contribution in [-0.4, -0.2) is 26.0 Å². The van der Waals surface area contributed by atoms with Crippen molar-refractivity contribution in [2.75, 3.05) is 31.1 Å². The maximum absolute atomic E-state index is 5.37. The van der Waals surface area contributed by atoms with Crippen molar-refractivity contribution in [1.29, 1.82) is 0 Å². The van der Waals surface area contributed by atoms with Crippen molar-refractivity contribution in [3.05, 3.63) is 48.0 Å². The minimum atomic E-state index is 0.287. The van der Waals surface area contributed by atoms with Gasteiger partial charge in [-0.05, 0) is 54.2 Å². The van der Waals surface area contributed by atoms with E-state index in [4.69, 9.17) is 21.7 Å². The first-order valence-electron chi connectivity index (χ1n) is 7.32. The van der Waals surface area contributed by atoms with Gasteiger partial charge in [0, 0.05) is 32.0 Å². The summed E-state index contributed by atoms with van der Waals surface area (Å²) in [5.74, 6) is 1.57. The highest BCUT2D eigenvalue weighted by Gasteiger charge is 2.13. The van der Waals surface area contributed by atoms with E-state index in [-0.39, 0.29) is 6.79 Å². The third kappa shape index (κ3) is 3.84. The molecule has 0 bridgehead atoms. The molecule has 0 amide bonds. The minimum absolute atomic E-state index is 0.287. The van der Waals surface area contributed by atoms with Gasteiger partial charge in [0.15, 0.2) is 16.6 Å². The second-order valence-electron chi connectivity index (χ2n) is 5.44. The number of fused-ring (bicyclic) bond motifs is 1. The summed E-state index contributed by atoms with van der Waals surface area (Å²) >= 11 is 5.33. The third-order valence-electron chi connectivity index (χ3n) is 3.53. The van der Waals surface area contributed by atoms with Gasteiger partial charge in [-0.3, -0.25) is 0 Å². The molecule has 2 aromatic rings. The summed E-state index contributed by atoms with van der Waals surface area (Å²) < 4.78 is 10.7. The van der Waals surface area contributed by atoms with Gasteiger partial charge in [0.05, 0.1) is 0 Å². The second kappa shape index (κ2) is 6.75. The number of hydrogen-bond acceptors (Lipinski definition) is 4. The second-order valence-corrected chi connectivity index (χ2v) is 5.84. The Morgan fingerprint density at radius 3 is 2.57 bits per heavy atom. The van der Waals surface area contributed by atoms with Crippen LogP contribution >= 0.6 is 12.2 Å². The molecular formula is C17H19N3O2S. The third-order valence-corrected chi connectivity index (χ3v) is 3.78. The van der Waals surface area contributed by atoms with Crippen molar-refractivity contribution >= 4 is 28.7 Å². The fraction of sp³-hybridized carbons (Fsp3) is 0.235. The predicted octanol–water partition coefficient (Wildman–Crippen LogP) is 2.97. The summed E-state index contributed by atoms with van der Waals surface area (Å²) in [6.45, 7) is 0.910. The number of anilines is 2. The fourth-order valence-corrected chi connectivity index (χ4v) is 2.44. The molecule has 2 N–H and O–H groups in total. The van der Waals surface area contributed by atoms with Crippen LogP contribution in [0.15, 0.2) is 42.5 Å². The Labute approximate surface area is 141 Å². The molecular weight excluding hydrogens is 310 g/mol. The van der Waals surface area contributed by atoms with Crippen molar-refractivity contribution in [2.24, 2.45) is 0 Å². The molecule has 0 aliphatic carbocycles. The molecule has 0 radical (unpaired) electrons. The van der Waals surface area contributed by atoms with E-state index in [9.17, 15) is 0 Å². The van der Waals surface area contributed by atoms with Gasteiger partial charge >= 0.3 is 0 Å². The highest BCUT2D eigenvalue weighted by atomic mass is 32.1. The van der Waals surface area contributed by atoms with E-state index in [0.29, 0.717) is 11.7 Å². The van der Waals surface area contributed by atoms with E-state index in [1.54, 1.807) is 0 Å². The Balaban J connectivity index is 1.53. The summed E-state index contributed by atoms with van der Waals surface area (Å²) in [6.07, 6.45) is 0. The molecule has 3 rings (SSSR count). The molecule has 5 nitrogen and oxygen atoms in total. The van der Waals surface area contributed by atoms with Gasteiger partial charge < -0.3 is 25.0 Å². The Morgan fingerprint density at radius 2 is 1.83 bits per heavy atom. The zero-order valence-corrected chi connectivity index (χ0v) is 13.9. The van der Waals surface area contributed by atoms with E-state index in [2.05, 4.69) is 15.5 Å². The standard InChI is InChI=1S/C17H19N3O2S/c1-20(2)14-6-4-13(5-7-14)19-17(23)18-10-12-3-8-15-16(9-12)22-11-21-15/h3-9H,10-11H2,1-2H3,(H2,18,19,23). The van der Waals surface area contributed by atoms with Gasteiger partial charge in [0.2, 0.25) is 6.79 Å². The molecule has 23 heavy (non-hydrogen) atoms. The average molecular weight is 329 g/mol. The lowest BCUT2D eigenvalue weighted by atomic mass is 10.2. The number of rotatable bonds is 4. The van der Waals surface area contributed by atoms with Gasteiger partial charge in [-0.15, -0.1) is 0 Å². The highest BCUT2D eigenvalue weighted by Crippen LogP contribution is 2.32. The van der Waals surface area contributed by atoms with E-state index in [0.717, 1.165) is 28.4 Å². The maximum atomic E-state index is 5.37. The van der Waals surface area contributed by atoms with E-state index < -0.39 is 0 Å². The first-order valence-corrected chi connectivity index (χ1v) is 7.73. The van der Waals surface area contributed by atoms with Crippen LogP contribution in [0.2, 0.25) is 0 Å². The molecule has 2 aromatic carbocycles. The largest absolute Gasteiger partial charge is 0.454 e. The normalized spacial score (nSPS) is 11.9. The number of ether oxygens (including phenoxy) is 2. The molecule has 1 aliphatic rings. The smallest absolute Gasteiger partial charge is 0.231 e. The summed E-state index contributed by atoms with van der Waals surface area (Å²) in [5, 5.41) is 6.95. The topological polar surface area (TPSA) is 45.8 Å². The van der Waals surface area contributed by atoms with Gasteiger partial charge in [-0.1, -0.05) is 6.07 Å². The molecule has 0 saturated carbocycles. The van der Waals surface area contributed by atoms with Crippen LogP contribution in [0.25, 0.3) is 0 Å². The Kier molecular flexibility index (Phi) is 4.52. The predicted molar refractivity (Wildman–Crippen MR) is 96.4 cm³/mol. The lowest BCUT2D eigenvalue weighted by Gasteiger charge is -2.14. The number of nitrogens with zero attached hydrogens (tertiary/aromatic N) is 1. The Bertz CT molecular complexity index is 701. The average Bonchev–Trinajstić information content (AvgIpc) is 3.01. The van der Waals surface area contributed by atoms with E-state index in [1.165, 1.54) is 0 Å². The number of thiocarbonyl (C=S) groups is 1. The lowest BCUT2D eigenvalue weighted by Crippen LogP contribution is -2.27. The van der Waals surface area contributed by atoms with Crippen LogP contribution in [0.5, 0.6) is 11.5 Å². The van der Waals surface area contributed by atoms with E-state index in [1.807, 2.05) is 56.6 Å². The van der Waals surface area contributed by atoms with Crippen molar-refractivity contribution < 1.29 is 9.47 Å². The van der Waals surface area contributed by atoms with Crippen molar-refractivity contribution in [2.45, 2.75) is 6.54 Å². The first kappa shape index (κ1) is 15.4. The quantitative estimate of drug-likeness (QED) is 0.841. The first-order chi connectivity index (χ1) is 11.1. The summed E-state index contributed by atoms with van der Waals surface area (Å²) in [4.78, 5) is 2.06. The van der Waals surface area contributed by atoms with E-state index >= 15 is 0 Å². The minimum Gasteiger partial charge on any atom is -0.454 e. The monoisotopic (exact) mass is 329 g/mol. The molecule has 0 saturated heterocycles. The molecule has 0 aromatic heterocycles. The molecule has 120 valence electrons. The van der Waals surface area contributed by atoms with Gasteiger partial charge in [0.1, 0.15) is 0 Å². The van der Waals surface area contributed by atoms with Crippen molar-refractivity contribution in [3.8, 4) is 11.5 Å². The molecule has 1 aliphatic heterocycles. The Hall–Kier alpha value is -2.47. The SMILES string of the molecule is CN(C)c1ccc(NC(=S)NCc2ccc3c(c2)OCO3)cc1. The lowest BCUT2D eigenvalue weighted by molar-refractivity contribution is 0.174. The van der Waals surface area contributed by atoms with Crippen LogP contribution in [0.4, 0.5) is 11.4 Å². The van der Waals surface area contributed by atoms with Gasteiger partial charge in [0.25, 0.3) is 0 Å². The number of nitrogens with one attached hydrogen (secondary N) is 2. The van der Waals surface area contributed by atoms with Crippen molar-refractivity contribution in [1.82, 2.24) is 5.32 Å². The zero-order chi connectivity index (χ0) is 16.2. The fourth-order valence-electron chi connectivity index (χ4n) is 2.25. The number of benzene rings is 2. The Morgan fingerprint density at radius 1 is 1.09 bits per heavy atom. The van der Waals surface area contributed by atoms with Crippen LogP contribution in [0.3, 0.4) is 0 Å². The summed E-state index contributed by atoms with van der Waals surface area (Å²) in [7, 11) is 4.03. The molecule has 0 unspecified atom stereocenters. The highest BCUT2D eigenvalue weighted by molar-refractivity contribution is 7.80. The van der Waals surface area contributed by atoms with Crippen LogP contribution in [0.1, 0.15) is 5.56 Å². The molecule has 0 spiro atoms. The van der Waals surface area contributed by atoms with Crippen LogP contribution in [-0.2, 0) is 6.54 Å². The van der Waals surface area contributed by atoms with Gasteiger partial charge in [-0.25, -0.2) is 0 Å². The molecule has 1 heterocycles. The zero-order valence-electron chi connectivity index (χ0n) is 13.1. The summed E-state index contributed by atoms with van der Waals surface area (Å²) in [5.41, 5.74) is 3.19. The molecule has 0 atom stereocenters.